The summed E-state index contributed by atoms with van der Waals surface area (Å²) in [5.74, 6) is -4.90. The average molecular weight is 386 g/mol. The van der Waals surface area contributed by atoms with Crippen molar-refractivity contribution in [3.8, 4) is 22.4 Å². The van der Waals surface area contributed by atoms with Gasteiger partial charge in [0.1, 0.15) is 23.1 Å². The number of rotatable bonds is 3. The summed E-state index contributed by atoms with van der Waals surface area (Å²) in [6.45, 7) is 1.44. The number of nitrogens with zero attached hydrogens (tertiary/aromatic N) is 1. The van der Waals surface area contributed by atoms with Gasteiger partial charge in [0.2, 0.25) is 10.0 Å². The lowest BCUT2D eigenvalue weighted by molar-refractivity contribution is 0.400. The number of hydrogen-bond acceptors (Lipinski definition) is 4. The Labute approximate surface area is 145 Å². The Morgan fingerprint density at radius 3 is 2.04 bits per heavy atom. The maximum absolute atomic E-state index is 14.1. The lowest BCUT2D eigenvalue weighted by atomic mass is 9.99. The van der Waals surface area contributed by atoms with Crippen LogP contribution in [0.1, 0.15) is 5.76 Å². The number of benzene rings is 2. The van der Waals surface area contributed by atoms with E-state index in [2.05, 4.69) is 5.16 Å². The molecule has 3 aromatic rings. The molecule has 0 unspecified atom stereocenters. The normalized spacial score (nSPS) is 11.8. The van der Waals surface area contributed by atoms with Crippen molar-refractivity contribution in [3.05, 3.63) is 59.4 Å². The van der Waals surface area contributed by atoms with Gasteiger partial charge in [0.15, 0.2) is 16.5 Å². The summed E-state index contributed by atoms with van der Waals surface area (Å²) in [4.78, 5) is -1.27. The first-order chi connectivity index (χ1) is 12.1. The SMILES string of the molecule is Cc1onc(-c2ccc(F)c(F)c2)c1-c1cc(F)c(S(N)(=O)=O)c(F)c1. The minimum Gasteiger partial charge on any atom is -0.360 e. The lowest BCUT2D eigenvalue weighted by Crippen LogP contribution is -2.16. The summed E-state index contributed by atoms with van der Waals surface area (Å²) in [5.41, 5.74) is 0.0938. The Hall–Kier alpha value is -2.72. The molecule has 0 aliphatic heterocycles. The van der Waals surface area contributed by atoms with E-state index in [-0.39, 0.29) is 28.1 Å². The molecule has 0 aliphatic rings. The van der Waals surface area contributed by atoms with Gasteiger partial charge < -0.3 is 4.52 Å². The van der Waals surface area contributed by atoms with Crippen molar-refractivity contribution in [3.63, 3.8) is 0 Å². The molecule has 0 radical (unpaired) electrons. The van der Waals surface area contributed by atoms with Gasteiger partial charge in [0.25, 0.3) is 0 Å². The van der Waals surface area contributed by atoms with Crippen LogP contribution in [-0.2, 0) is 10.0 Å². The number of aryl methyl sites for hydroxylation is 1. The molecule has 2 N–H and O–H groups in total. The van der Waals surface area contributed by atoms with E-state index < -0.39 is 38.2 Å². The number of primary sulfonamides is 1. The molecule has 2 aromatic carbocycles. The third kappa shape index (κ3) is 3.08. The molecular formula is C16H10F4N2O3S. The molecule has 10 heteroatoms. The first kappa shape index (κ1) is 18.1. The minimum atomic E-state index is -4.61. The molecule has 0 atom stereocenters. The van der Waals surface area contributed by atoms with Gasteiger partial charge >= 0.3 is 0 Å². The molecule has 1 aromatic heterocycles. The highest BCUT2D eigenvalue weighted by Crippen LogP contribution is 2.36. The van der Waals surface area contributed by atoms with Gasteiger partial charge in [0.05, 0.1) is 5.56 Å². The van der Waals surface area contributed by atoms with E-state index in [1.165, 1.54) is 13.0 Å². The molecule has 0 aliphatic carbocycles. The van der Waals surface area contributed by atoms with Crippen LogP contribution >= 0.6 is 0 Å². The van der Waals surface area contributed by atoms with Crippen molar-refractivity contribution in [1.29, 1.82) is 0 Å². The fourth-order valence-electron chi connectivity index (χ4n) is 2.53. The van der Waals surface area contributed by atoms with E-state index in [0.717, 1.165) is 24.3 Å². The van der Waals surface area contributed by atoms with E-state index in [0.29, 0.717) is 0 Å². The van der Waals surface area contributed by atoms with Gasteiger partial charge in [-0.1, -0.05) is 5.16 Å². The molecule has 0 saturated carbocycles. The van der Waals surface area contributed by atoms with Crippen molar-refractivity contribution in [2.24, 2.45) is 5.14 Å². The summed E-state index contributed by atoms with van der Waals surface area (Å²) in [7, 11) is -4.61. The molecule has 0 amide bonds. The Morgan fingerprint density at radius 1 is 0.923 bits per heavy atom. The molecule has 0 saturated heterocycles. The van der Waals surface area contributed by atoms with Crippen LogP contribution in [-0.4, -0.2) is 13.6 Å². The maximum Gasteiger partial charge on any atom is 0.243 e. The Kier molecular flexibility index (Phi) is 4.32. The van der Waals surface area contributed by atoms with Crippen LogP contribution in [0.2, 0.25) is 0 Å². The van der Waals surface area contributed by atoms with Crippen LogP contribution in [0.5, 0.6) is 0 Å². The second-order valence-electron chi connectivity index (χ2n) is 5.41. The minimum absolute atomic E-state index is 0.00329. The molecule has 5 nitrogen and oxygen atoms in total. The molecule has 0 fully saturated rings. The number of nitrogens with two attached hydrogens (primary N) is 1. The average Bonchev–Trinajstić information content (AvgIpc) is 2.89. The van der Waals surface area contributed by atoms with Gasteiger partial charge in [-0.15, -0.1) is 0 Å². The summed E-state index contributed by atoms with van der Waals surface area (Å²) in [5, 5.41) is 8.50. The maximum atomic E-state index is 14.1. The predicted octanol–water partition coefficient (Wildman–Crippen LogP) is 3.52. The summed E-state index contributed by atoms with van der Waals surface area (Å²) in [6, 6.07) is 4.41. The van der Waals surface area contributed by atoms with E-state index in [1.54, 1.807) is 0 Å². The van der Waals surface area contributed by atoms with Gasteiger partial charge in [-0.05, 0) is 42.8 Å². The first-order valence-corrected chi connectivity index (χ1v) is 8.58. The molecule has 3 rings (SSSR count). The van der Waals surface area contributed by atoms with E-state index >= 15 is 0 Å². The largest absolute Gasteiger partial charge is 0.360 e. The topological polar surface area (TPSA) is 86.2 Å². The molecule has 26 heavy (non-hydrogen) atoms. The quantitative estimate of drug-likeness (QED) is 0.698. The number of hydrogen-bond donors (Lipinski definition) is 1. The van der Waals surface area contributed by atoms with Gasteiger partial charge in [0, 0.05) is 5.56 Å². The number of halogens is 4. The Bertz CT molecular complexity index is 1100. The summed E-state index contributed by atoms with van der Waals surface area (Å²) in [6.07, 6.45) is 0. The fraction of sp³-hybridized carbons (Fsp3) is 0.0625. The van der Waals surface area contributed by atoms with Crippen molar-refractivity contribution < 1.29 is 30.5 Å². The Morgan fingerprint density at radius 2 is 1.50 bits per heavy atom. The third-order valence-electron chi connectivity index (χ3n) is 3.63. The van der Waals surface area contributed by atoms with E-state index in [1.807, 2.05) is 0 Å². The van der Waals surface area contributed by atoms with Crippen LogP contribution in [0.3, 0.4) is 0 Å². The zero-order chi connectivity index (χ0) is 19.2. The molecule has 0 spiro atoms. The van der Waals surface area contributed by atoms with Crippen molar-refractivity contribution in [1.82, 2.24) is 5.16 Å². The second-order valence-corrected chi connectivity index (χ2v) is 6.90. The zero-order valence-electron chi connectivity index (χ0n) is 13.1. The first-order valence-electron chi connectivity index (χ1n) is 7.03. The highest BCUT2D eigenvalue weighted by Gasteiger charge is 2.25. The van der Waals surface area contributed by atoms with Gasteiger partial charge in [-0.3, -0.25) is 0 Å². The van der Waals surface area contributed by atoms with E-state index in [4.69, 9.17) is 9.66 Å². The smallest absolute Gasteiger partial charge is 0.243 e. The standard InChI is InChI=1S/C16H10F4N2O3S/c1-7-14(9-5-12(19)16(13(20)6-9)26(21,23)24)15(22-25-7)8-2-3-10(17)11(18)4-8/h2-6H,1H3,(H2,21,23,24). The van der Waals surface area contributed by atoms with Crippen LogP contribution in [0.15, 0.2) is 39.8 Å². The van der Waals surface area contributed by atoms with Crippen LogP contribution < -0.4 is 5.14 Å². The monoisotopic (exact) mass is 386 g/mol. The molecule has 136 valence electrons. The molecular weight excluding hydrogens is 376 g/mol. The number of sulfonamides is 1. The Balaban J connectivity index is 2.23. The van der Waals surface area contributed by atoms with Gasteiger partial charge in [-0.2, -0.15) is 0 Å². The van der Waals surface area contributed by atoms with Crippen molar-refractivity contribution >= 4 is 10.0 Å². The molecule has 0 bridgehead atoms. The zero-order valence-corrected chi connectivity index (χ0v) is 13.9. The highest BCUT2D eigenvalue weighted by molar-refractivity contribution is 7.89. The van der Waals surface area contributed by atoms with Crippen molar-refractivity contribution in [2.75, 3.05) is 0 Å². The van der Waals surface area contributed by atoms with Crippen molar-refractivity contribution in [2.45, 2.75) is 11.8 Å². The predicted molar refractivity (Wildman–Crippen MR) is 83.3 cm³/mol. The lowest BCUT2D eigenvalue weighted by Gasteiger charge is -2.08. The van der Waals surface area contributed by atoms with Crippen LogP contribution in [0, 0.1) is 30.2 Å². The number of aromatic nitrogens is 1. The third-order valence-corrected chi connectivity index (χ3v) is 4.59. The second kappa shape index (κ2) is 6.22. The summed E-state index contributed by atoms with van der Waals surface area (Å²) >= 11 is 0. The van der Waals surface area contributed by atoms with Crippen LogP contribution in [0.25, 0.3) is 22.4 Å². The summed E-state index contributed by atoms with van der Waals surface area (Å²) < 4.78 is 82.4. The van der Waals surface area contributed by atoms with E-state index in [9.17, 15) is 26.0 Å². The van der Waals surface area contributed by atoms with Crippen LogP contribution in [0.4, 0.5) is 17.6 Å². The highest BCUT2D eigenvalue weighted by atomic mass is 32.2. The fourth-order valence-corrected chi connectivity index (χ4v) is 3.19. The molecule has 1 heterocycles. The van der Waals surface area contributed by atoms with Gasteiger partial charge in [-0.25, -0.2) is 31.1 Å².